The first-order valence-corrected chi connectivity index (χ1v) is 2.44. The molecule has 0 aromatic heterocycles. The predicted molar refractivity (Wildman–Crippen MR) is 29.5 cm³/mol. The fraction of sp³-hybridized carbons (Fsp3) is 0.800. The summed E-state index contributed by atoms with van der Waals surface area (Å²) in [5.74, 6) is 0. The van der Waals surface area contributed by atoms with Crippen LogP contribution in [-0.4, -0.2) is 23.5 Å². The van der Waals surface area contributed by atoms with Gasteiger partial charge in [-0.1, -0.05) is 0 Å². The van der Waals surface area contributed by atoms with Crippen molar-refractivity contribution in [3.63, 3.8) is 0 Å². The molecule has 0 spiro atoms. The second-order valence-corrected chi connectivity index (χ2v) is 2.64. The number of hydrogen-bond donors (Lipinski definition) is 1. The van der Waals surface area contributed by atoms with Gasteiger partial charge in [0.1, 0.15) is 0 Å². The molecule has 0 amide bonds. The van der Waals surface area contributed by atoms with Gasteiger partial charge in [0.15, 0.2) is 0 Å². The number of rotatable bonds is 0. The lowest BCUT2D eigenvalue weighted by Gasteiger charge is -2.49. The van der Waals surface area contributed by atoms with Crippen LogP contribution in [-0.2, 0) is 0 Å². The van der Waals surface area contributed by atoms with E-state index in [9.17, 15) is 0 Å². The highest BCUT2D eigenvalue weighted by atomic mass is 15.2. The zero-order valence-electron chi connectivity index (χ0n) is 4.65. The summed E-state index contributed by atoms with van der Waals surface area (Å²) in [6.07, 6.45) is 0. The summed E-state index contributed by atoms with van der Waals surface area (Å²) in [5, 5.41) is 0. The van der Waals surface area contributed by atoms with Gasteiger partial charge in [-0.3, -0.25) is 7.05 Å². The Balaban J connectivity index is 2.29. The van der Waals surface area contributed by atoms with Gasteiger partial charge in [0.2, 0.25) is 0 Å². The molecule has 0 aliphatic carbocycles. The van der Waals surface area contributed by atoms with Crippen LogP contribution < -0.4 is 5.73 Å². The van der Waals surface area contributed by atoms with Gasteiger partial charge in [-0.2, -0.15) is 0 Å². The Labute approximate surface area is 44.3 Å². The molecule has 42 valence electrons. The molecular weight excluding hydrogens is 88.1 g/mol. The van der Waals surface area contributed by atoms with E-state index in [1.54, 1.807) is 0 Å². The van der Waals surface area contributed by atoms with E-state index in [1.807, 2.05) is 11.8 Å². The SMILES string of the molecule is [CH2-]N1CC(C)(N)C1. The van der Waals surface area contributed by atoms with Gasteiger partial charge in [0.05, 0.1) is 0 Å². The number of nitrogens with two attached hydrogens (primary N) is 1. The molecule has 2 N–H and O–H groups in total. The average molecular weight is 99.2 g/mol. The van der Waals surface area contributed by atoms with Gasteiger partial charge in [0.25, 0.3) is 0 Å². The van der Waals surface area contributed by atoms with E-state index in [0.717, 1.165) is 13.1 Å². The second kappa shape index (κ2) is 1.20. The van der Waals surface area contributed by atoms with Gasteiger partial charge in [-0.15, -0.1) is 0 Å². The second-order valence-electron chi connectivity index (χ2n) is 2.64. The quantitative estimate of drug-likeness (QED) is 0.426. The van der Waals surface area contributed by atoms with Crippen molar-refractivity contribution in [2.24, 2.45) is 5.73 Å². The third-order valence-corrected chi connectivity index (χ3v) is 1.17. The summed E-state index contributed by atoms with van der Waals surface area (Å²) in [5.41, 5.74) is 5.69. The zero-order chi connectivity index (χ0) is 5.49. The third-order valence-electron chi connectivity index (χ3n) is 1.17. The van der Waals surface area contributed by atoms with Gasteiger partial charge < -0.3 is 10.6 Å². The summed E-state index contributed by atoms with van der Waals surface area (Å²) in [6.45, 7) is 3.91. The minimum Gasteiger partial charge on any atom is -0.456 e. The lowest BCUT2D eigenvalue weighted by Crippen LogP contribution is -2.62. The molecule has 2 heteroatoms. The Hall–Kier alpha value is -0.0800. The zero-order valence-corrected chi connectivity index (χ0v) is 4.65. The molecule has 1 aliphatic heterocycles. The van der Waals surface area contributed by atoms with E-state index >= 15 is 0 Å². The molecule has 0 aromatic carbocycles. The fourth-order valence-corrected chi connectivity index (χ4v) is 0.975. The maximum atomic E-state index is 5.63. The lowest BCUT2D eigenvalue weighted by molar-refractivity contribution is 0.135. The van der Waals surface area contributed by atoms with Crippen LogP contribution >= 0.6 is 0 Å². The third kappa shape index (κ3) is 0.924. The normalized spacial score (nSPS) is 29.6. The summed E-state index contributed by atoms with van der Waals surface area (Å²) in [6, 6.07) is 0. The van der Waals surface area contributed by atoms with Crippen molar-refractivity contribution >= 4 is 0 Å². The molecule has 2 nitrogen and oxygen atoms in total. The highest BCUT2D eigenvalue weighted by Crippen LogP contribution is 2.14. The molecule has 7 heavy (non-hydrogen) atoms. The van der Waals surface area contributed by atoms with Crippen LogP contribution in [0.3, 0.4) is 0 Å². The average Bonchev–Trinajstić information content (AvgIpc) is 1.27. The summed E-state index contributed by atoms with van der Waals surface area (Å²) in [4.78, 5) is 1.96. The number of likely N-dealkylation sites (tertiary alicyclic amines) is 1. The highest BCUT2D eigenvalue weighted by molar-refractivity contribution is 4.95. The lowest BCUT2D eigenvalue weighted by atomic mass is 9.95. The minimum absolute atomic E-state index is 0.0573. The van der Waals surface area contributed by atoms with Crippen molar-refractivity contribution in [3.05, 3.63) is 7.05 Å². The summed E-state index contributed by atoms with van der Waals surface area (Å²) < 4.78 is 0. The maximum Gasteiger partial charge on any atom is 0.0335 e. The Morgan fingerprint density at radius 3 is 2.14 bits per heavy atom. The monoisotopic (exact) mass is 99.1 g/mol. The Morgan fingerprint density at radius 2 is 2.14 bits per heavy atom. The van der Waals surface area contributed by atoms with Gasteiger partial charge in [0, 0.05) is 5.54 Å². The van der Waals surface area contributed by atoms with E-state index in [4.69, 9.17) is 5.73 Å². The molecule has 1 heterocycles. The molecule has 0 atom stereocenters. The number of hydrogen-bond acceptors (Lipinski definition) is 2. The van der Waals surface area contributed by atoms with Crippen molar-refractivity contribution in [1.82, 2.24) is 4.90 Å². The van der Waals surface area contributed by atoms with Crippen molar-refractivity contribution in [1.29, 1.82) is 0 Å². The summed E-state index contributed by atoms with van der Waals surface area (Å²) >= 11 is 0. The van der Waals surface area contributed by atoms with E-state index in [-0.39, 0.29) is 5.54 Å². The number of nitrogens with zero attached hydrogens (tertiary/aromatic N) is 1. The first-order chi connectivity index (χ1) is 3.10. The van der Waals surface area contributed by atoms with Crippen LogP contribution in [0.1, 0.15) is 6.92 Å². The molecule has 1 rings (SSSR count). The van der Waals surface area contributed by atoms with Crippen molar-refractivity contribution in [2.45, 2.75) is 12.5 Å². The molecule has 1 saturated heterocycles. The van der Waals surface area contributed by atoms with Gasteiger partial charge in [-0.05, 0) is 20.0 Å². The van der Waals surface area contributed by atoms with Crippen LogP contribution in [0.15, 0.2) is 0 Å². The topological polar surface area (TPSA) is 29.3 Å². The van der Waals surface area contributed by atoms with Crippen LogP contribution in [0, 0.1) is 7.05 Å². The van der Waals surface area contributed by atoms with Gasteiger partial charge >= 0.3 is 0 Å². The van der Waals surface area contributed by atoms with Crippen LogP contribution in [0.5, 0.6) is 0 Å². The Bertz CT molecular complexity index is 70.1. The predicted octanol–water partition coefficient (Wildman–Crippen LogP) is -0.189. The smallest absolute Gasteiger partial charge is 0.0335 e. The van der Waals surface area contributed by atoms with E-state index in [2.05, 4.69) is 7.05 Å². The molecule has 0 unspecified atom stereocenters. The van der Waals surface area contributed by atoms with E-state index in [1.165, 1.54) is 0 Å². The standard InChI is InChI=1S/C5H11N2/c1-5(6)3-7(2)4-5/h2-4,6H2,1H3/q-1. The van der Waals surface area contributed by atoms with Crippen molar-refractivity contribution in [2.75, 3.05) is 13.1 Å². The molecule has 1 aliphatic rings. The van der Waals surface area contributed by atoms with Crippen molar-refractivity contribution < 1.29 is 0 Å². The first kappa shape index (κ1) is 5.06. The van der Waals surface area contributed by atoms with Crippen LogP contribution in [0.4, 0.5) is 0 Å². The highest BCUT2D eigenvalue weighted by Gasteiger charge is 2.27. The molecule has 0 radical (unpaired) electrons. The Kier molecular flexibility index (Phi) is 0.869. The van der Waals surface area contributed by atoms with Crippen LogP contribution in [0.2, 0.25) is 0 Å². The van der Waals surface area contributed by atoms with Crippen molar-refractivity contribution in [3.8, 4) is 0 Å². The first-order valence-electron chi connectivity index (χ1n) is 2.44. The summed E-state index contributed by atoms with van der Waals surface area (Å²) in [7, 11) is 3.69. The van der Waals surface area contributed by atoms with E-state index < -0.39 is 0 Å². The maximum absolute atomic E-state index is 5.63. The van der Waals surface area contributed by atoms with Crippen LogP contribution in [0.25, 0.3) is 0 Å². The molecule has 0 aromatic rings. The molecule has 1 fully saturated rings. The fourth-order valence-electron chi connectivity index (χ4n) is 0.975. The van der Waals surface area contributed by atoms with E-state index in [0.29, 0.717) is 0 Å². The largest absolute Gasteiger partial charge is 0.456 e. The molecule has 0 bridgehead atoms. The minimum atomic E-state index is 0.0573. The Morgan fingerprint density at radius 1 is 1.71 bits per heavy atom. The van der Waals surface area contributed by atoms with Gasteiger partial charge in [-0.25, -0.2) is 0 Å². The molecular formula is C5H11N2-. The molecule has 0 saturated carbocycles.